The number of halogens is 1. The van der Waals surface area contributed by atoms with Crippen LogP contribution >= 0.6 is 0 Å². The Morgan fingerprint density at radius 2 is 2.00 bits per heavy atom. The van der Waals surface area contributed by atoms with Crippen molar-refractivity contribution in [3.05, 3.63) is 48.0 Å². The average molecular weight is 351 g/mol. The van der Waals surface area contributed by atoms with Crippen molar-refractivity contribution < 1.29 is 13.9 Å². The molecule has 0 aliphatic carbocycles. The molecule has 4 heterocycles. The van der Waals surface area contributed by atoms with Crippen molar-refractivity contribution in [2.24, 2.45) is 0 Å². The first-order valence-electron chi connectivity index (χ1n) is 8.84. The number of hydrogen-bond acceptors (Lipinski definition) is 4. The molecule has 2 aromatic heterocycles. The number of pyridine rings is 1. The molecule has 1 fully saturated rings. The summed E-state index contributed by atoms with van der Waals surface area (Å²) in [6.07, 6.45) is 5.08. The highest BCUT2D eigenvalue weighted by Crippen LogP contribution is 2.40. The SMILES string of the molecule is O=C1CC2(CCNCC2)Oc2cc(-c3c[nH]c4ncc(F)cc34)ccc21. The summed E-state index contributed by atoms with van der Waals surface area (Å²) < 4.78 is 20.0. The second-order valence-corrected chi connectivity index (χ2v) is 7.10. The standard InChI is InChI=1S/C20H18FN3O2/c21-13-8-15-16(11-24-19(15)23-10-13)12-1-2-14-17(25)9-20(26-18(14)7-12)3-5-22-6-4-20/h1-2,7-8,10-11,22H,3-6,9H2,(H,23,24). The number of ether oxygens (including phenoxy) is 1. The Bertz CT molecular complexity index is 1020. The molecule has 0 atom stereocenters. The number of aromatic amines is 1. The normalized spacial score (nSPS) is 18.7. The number of benzene rings is 1. The molecule has 132 valence electrons. The van der Waals surface area contributed by atoms with Crippen molar-refractivity contribution in [1.29, 1.82) is 0 Å². The van der Waals surface area contributed by atoms with E-state index in [1.165, 1.54) is 12.3 Å². The number of nitrogens with one attached hydrogen (secondary N) is 2. The van der Waals surface area contributed by atoms with E-state index in [1.807, 2.05) is 24.4 Å². The van der Waals surface area contributed by atoms with Gasteiger partial charge in [-0.2, -0.15) is 0 Å². The van der Waals surface area contributed by atoms with Crippen LogP contribution in [0.5, 0.6) is 5.75 Å². The van der Waals surface area contributed by atoms with E-state index in [4.69, 9.17) is 4.74 Å². The maximum Gasteiger partial charge on any atom is 0.170 e. The van der Waals surface area contributed by atoms with Crippen LogP contribution in [0.25, 0.3) is 22.2 Å². The third-order valence-electron chi connectivity index (χ3n) is 5.41. The molecule has 5 rings (SSSR count). The number of piperidine rings is 1. The largest absolute Gasteiger partial charge is 0.486 e. The van der Waals surface area contributed by atoms with E-state index >= 15 is 0 Å². The van der Waals surface area contributed by atoms with E-state index in [1.54, 1.807) is 0 Å². The molecule has 0 bridgehead atoms. The summed E-state index contributed by atoms with van der Waals surface area (Å²) in [7, 11) is 0. The summed E-state index contributed by atoms with van der Waals surface area (Å²) in [4.78, 5) is 19.8. The Balaban J connectivity index is 1.59. The van der Waals surface area contributed by atoms with Gasteiger partial charge >= 0.3 is 0 Å². The van der Waals surface area contributed by atoms with E-state index in [9.17, 15) is 9.18 Å². The fourth-order valence-electron chi connectivity index (χ4n) is 4.04. The smallest absolute Gasteiger partial charge is 0.170 e. The van der Waals surface area contributed by atoms with Gasteiger partial charge in [-0.05, 0) is 36.9 Å². The minimum absolute atomic E-state index is 0.131. The Kier molecular flexibility index (Phi) is 3.37. The number of H-pyrrole nitrogens is 1. The van der Waals surface area contributed by atoms with Gasteiger partial charge in [0.05, 0.1) is 18.2 Å². The van der Waals surface area contributed by atoms with E-state index in [0.717, 1.165) is 37.1 Å². The van der Waals surface area contributed by atoms with Gasteiger partial charge < -0.3 is 15.0 Å². The van der Waals surface area contributed by atoms with Gasteiger partial charge in [-0.25, -0.2) is 9.37 Å². The molecule has 26 heavy (non-hydrogen) atoms. The quantitative estimate of drug-likeness (QED) is 0.705. The number of rotatable bonds is 1. The zero-order valence-corrected chi connectivity index (χ0v) is 14.1. The van der Waals surface area contributed by atoms with Crippen LogP contribution in [0, 0.1) is 5.82 Å². The second-order valence-electron chi connectivity index (χ2n) is 7.10. The molecule has 2 aliphatic rings. The Labute approximate surface area is 149 Å². The lowest BCUT2D eigenvalue weighted by atomic mass is 9.82. The summed E-state index contributed by atoms with van der Waals surface area (Å²) in [5, 5.41) is 4.03. The molecule has 0 amide bonds. The van der Waals surface area contributed by atoms with E-state index < -0.39 is 5.60 Å². The highest BCUT2D eigenvalue weighted by atomic mass is 19.1. The van der Waals surface area contributed by atoms with Crippen molar-refractivity contribution in [2.45, 2.75) is 24.9 Å². The fraction of sp³-hybridized carbons (Fsp3) is 0.300. The third-order valence-corrected chi connectivity index (χ3v) is 5.41. The first kappa shape index (κ1) is 15.5. The van der Waals surface area contributed by atoms with Crippen molar-refractivity contribution >= 4 is 16.8 Å². The number of hydrogen-bond donors (Lipinski definition) is 2. The summed E-state index contributed by atoms with van der Waals surface area (Å²) in [5.74, 6) is 0.377. The molecular formula is C20H18FN3O2. The summed E-state index contributed by atoms with van der Waals surface area (Å²) in [5.41, 5.74) is 2.58. The maximum atomic E-state index is 13.6. The van der Waals surface area contributed by atoms with E-state index in [2.05, 4.69) is 15.3 Å². The van der Waals surface area contributed by atoms with Crippen LogP contribution in [0.1, 0.15) is 29.6 Å². The van der Waals surface area contributed by atoms with Crippen molar-refractivity contribution in [3.8, 4) is 16.9 Å². The molecule has 2 N–H and O–H groups in total. The molecule has 3 aromatic rings. The minimum Gasteiger partial charge on any atom is -0.486 e. The van der Waals surface area contributed by atoms with Gasteiger partial charge in [-0.1, -0.05) is 6.07 Å². The molecule has 2 aliphatic heterocycles. The van der Waals surface area contributed by atoms with Gasteiger partial charge in [-0.3, -0.25) is 4.79 Å². The third kappa shape index (κ3) is 2.41. The molecule has 1 aromatic carbocycles. The maximum absolute atomic E-state index is 13.6. The first-order chi connectivity index (χ1) is 12.6. The minimum atomic E-state index is -0.401. The van der Waals surface area contributed by atoms with Crippen molar-refractivity contribution in [3.63, 3.8) is 0 Å². The lowest BCUT2D eigenvalue weighted by molar-refractivity contribution is 0.0188. The van der Waals surface area contributed by atoms with Crippen molar-refractivity contribution in [1.82, 2.24) is 15.3 Å². The molecule has 6 heteroatoms. The average Bonchev–Trinajstić information content (AvgIpc) is 3.04. The number of carbonyl (C=O) groups is 1. The van der Waals surface area contributed by atoms with Gasteiger partial charge in [0.25, 0.3) is 0 Å². The Morgan fingerprint density at radius 3 is 2.85 bits per heavy atom. The molecule has 0 radical (unpaired) electrons. The molecule has 0 saturated carbocycles. The first-order valence-corrected chi connectivity index (χ1v) is 8.84. The zero-order valence-electron chi connectivity index (χ0n) is 14.1. The molecule has 1 spiro atoms. The fourth-order valence-corrected chi connectivity index (χ4v) is 4.04. The van der Waals surface area contributed by atoms with Crippen LogP contribution in [-0.2, 0) is 0 Å². The van der Waals surface area contributed by atoms with Gasteiger partial charge in [0, 0.05) is 30.0 Å². The van der Waals surface area contributed by atoms with Gasteiger partial charge in [0.15, 0.2) is 5.78 Å². The van der Waals surface area contributed by atoms with Crippen LogP contribution in [0.15, 0.2) is 36.7 Å². The zero-order chi connectivity index (χ0) is 17.7. The summed E-state index contributed by atoms with van der Waals surface area (Å²) >= 11 is 0. The van der Waals surface area contributed by atoms with Gasteiger partial charge in [0.1, 0.15) is 22.8 Å². The van der Waals surface area contributed by atoms with Crippen LogP contribution in [0.2, 0.25) is 0 Å². The second kappa shape index (κ2) is 5.64. The van der Waals surface area contributed by atoms with E-state index in [0.29, 0.717) is 28.8 Å². The Hall–Kier alpha value is -2.73. The van der Waals surface area contributed by atoms with Crippen molar-refractivity contribution in [2.75, 3.05) is 13.1 Å². The highest BCUT2D eigenvalue weighted by Gasteiger charge is 2.41. The van der Waals surface area contributed by atoms with Crippen LogP contribution < -0.4 is 10.1 Å². The number of carbonyl (C=O) groups excluding carboxylic acids is 1. The van der Waals surface area contributed by atoms with E-state index in [-0.39, 0.29) is 11.6 Å². The number of nitrogens with zero attached hydrogens (tertiary/aromatic N) is 1. The Morgan fingerprint density at radius 1 is 1.15 bits per heavy atom. The summed E-state index contributed by atoms with van der Waals surface area (Å²) in [6, 6.07) is 7.05. The van der Waals surface area contributed by atoms with Gasteiger partial charge in [0.2, 0.25) is 0 Å². The highest BCUT2D eigenvalue weighted by molar-refractivity contribution is 6.02. The number of aromatic nitrogens is 2. The monoisotopic (exact) mass is 351 g/mol. The molecule has 0 unspecified atom stereocenters. The number of Topliss-reactive ketones (excluding diaryl/α,β-unsaturated/α-hetero) is 1. The molecule has 5 nitrogen and oxygen atoms in total. The van der Waals surface area contributed by atoms with Crippen LogP contribution in [-0.4, -0.2) is 34.4 Å². The van der Waals surface area contributed by atoms with Crippen LogP contribution in [0.4, 0.5) is 4.39 Å². The summed E-state index contributed by atoms with van der Waals surface area (Å²) in [6.45, 7) is 1.71. The number of ketones is 1. The predicted octanol–water partition coefficient (Wildman–Crippen LogP) is 3.46. The predicted molar refractivity (Wildman–Crippen MR) is 95.9 cm³/mol. The molecule has 1 saturated heterocycles. The van der Waals surface area contributed by atoms with Crippen LogP contribution in [0.3, 0.4) is 0 Å². The lowest BCUT2D eigenvalue weighted by Crippen LogP contribution is -2.49. The van der Waals surface area contributed by atoms with Gasteiger partial charge in [-0.15, -0.1) is 0 Å². The number of fused-ring (bicyclic) bond motifs is 2. The molecular weight excluding hydrogens is 333 g/mol. The topological polar surface area (TPSA) is 67.0 Å². The lowest BCUT2D eigenvalue weighted by Gasteiger charge is -2.41.